The molecule has 0 unspecified atom stereocenters. The second-order valence-electron chi connectivity index (χ2n) is 8.72. The van der Waals surface area contributed by atoms with E-state index in [1.807, 2.05) is 79.1 Å². The van der Waals surface area contributed by atoms with Crippen LogP contribution in [0.1, 0.15) is 33.6 Å². The van der Waals surface area contributed by atoms with Crippen molar-refractivity contribution in [3.63, 3.8) is 0 Å². The van der Waals surface area contributed by atoms with Crippen LogP contribution in [-0.4, -0.2) is 29.7 Å². The molecule has 36 heavy (non-hydrogen) atoms. The zero-order valence-electron chi connectivity index (χ0n) is 19.4. The molecule has 0 saturated heterocycles. The SMILES string of the molecule is CSc1ccc(C(=O)c2sc(NC(=O)C3(c4ccc5c(c4)OCO5)CC3)nc2-c2ccccc2)cc1. The number of hydrogen-bond acceptors (Lipinski definition) is 7. The van der Waals surface area contributed by atoms with Crippen molar-refractivity contribution in [2.45, 2.75) is 23.2 Å². The lowest BCUT2D eigenvalue weighted by molar-refractivity contribution is -0.118. The Morgan fingerprint density at radius 1 is 0.972 bits per heavy atom. The number of ketones is 1. The summed E-state index contributed by atoms with van der Waals surface area (Å²) in [5.41, 5.74) is 2.26. The minimum absolute atomic E-state index is 0.114. The number of nitrogens with one attached hydrogen (secondary N) is 1. The number of hydrogen-bond donors (Lipinski definition) is 1. The van der Waals surface area contributed by atoms with E-state index in [-0.39, 0.29) is 18.5 Å². The third-order valence-electron chi connectivity index (χ3n) is 6.56. The van der Waals surface area contributed by atoms with E-state index in [9.17, 15) is 9.59 Å². The minimum atomic E-state index is -0.628. The summed E-state index contributed by atoms with van der Waals surface area (Å²) in [6.07, 6.45) is 3.48. The highest BCUT2D eigenvalue weighted by molar-refractivity contribution is 7.98. The second-order valence-corrected chi connectivity index (χ2v) is 10.6. The van der Waals surface area contributed by atoms with Crippen LogP contribution in [0.15, 0.2) is 77.7 Å². The third kappa shape index (κ3) is 4.06. The van der Waals surface area contributed by atoms with Gasteiger partial charge < -0.3 is 14.8 Å². The van der Waals surface area contributed by atoms with E-state index >= 15 is 0 Å². The van der Waals surface area contributed by atoms with Gasteiger partial charge in [-0.05, 0) is 61.1 Å². The van der Waals surface area contributed by atoms with Crippen molar-refractivity contribution in [1.29, 1.82) is 0 Å². The number of ether oxygens (including phenoxy) is 2. The predicted octanol–water partition coefficient (Wildman–Crippen LogP) is 6.16. The van der Waals surface area contributed by atoms with Gasteiger partial charge in [-0.15, -0.1) is 11.8 Å². The van der Waals surface area contributed by atoms with Gasteiger partial charge in [-0.1, -0.05) is 47.7 Å². The topological polar surface area (TPSA) is 77.5 Å². The van der Waals surface area contributed by atoms with E-state index in [0.717, 1.165) is 28.9 Å². The number of aromatic nitrogens is 1. The van der Waals surface area contributed by atoms with Crippen LogP contribution in [0.4, 0.5) is 5.13 Å². The smallest absolute Gasteiger partial charge is 0.236 e. The largest absolute Gasteiger partial charge is 0.454 e. The Hall–Kier alpha value is -3.62. The summed E-state index contributed by atoms with van der Waals surface area (Å²) in [5.74, 6) is 1.11. The van der Waals surface area contributed by atoms with E-state index in [4.69, 9.17) is 14.5 Å². The Balaban J connectivity index is 1.32. The van der Waals surface area contributed by atoms with Crippen molar-refractivity contribution in [3.8, 4) is 22.8 Å². The monoisotopic (exact) mass is 514 g/mol. The minimum Gasteiger partial charge on any atom is -0.454 e. The van der Waals surface area contributed by atoms with Gasteiger partial charge >= 0.3 is 0 Å². The fourth-order valence-electron chi connectivity index (χ4n) is 4.38. The fraction of sp³-hybridized carbons (Fsp3) is 0.179. The molecule has 0 atom stereocenters. The molecule has 1 N–H and O–H groups in total. The highest BCUT2D eigenvalue weighted by Crippen LogP contribution is 2.51. The van der Waals surface area contributed by atoms with Crippen molar-refractivity contribution in [3.05, 3.63) is 88.8 Å². The van der Waals surface area contributed by atoms with Crippen LogP contribution in [0.2, 0.25) is 0 Å². The highest BCUT2D eigenvalue weighted by atomic mass is 32.2. The highest BCUT2D eigenvalue weighted by Gasteiger charge is 2.52. The van der Waals surface area contributed by atoms with Crippen LogP contribution >= 0.6 is 23.1 Å². The van der Waals surface area contributed by atoms with Gasteiger partial charge in [0.25, 0.3) is 0 Å². The maximum atomic E-state index is 13.5. The van der Waals surface area contributed by atoms with Gasteiger partial charge in [0.05, 0.1) is 11.1 Å². The molecule has 0 bridgehead atoms. The molecular weight excluding hydrogens is 492 g/mol. The van der Waals surface area contributed by atoms with Gasteiger partial charge in [-0.25, -0.2) is 4.98 Å². The lowest BCUT2D eigenvalue weighted by Crippen LogP contribution is -2.27. The lowest BCUT2D eigenvalue weighted by atomic mass is 9.94. The normalized spacial score (nSPS) is 14.9. The first-order valence-electron chi connectivity index (χ1n) is 11.5. The van der Waals surface area contributed by atoms with Gasteiger partial charge in [0.1, 0.15) is 4.88 Å². The lowest BCUT2D eigenvalue weighted by Gasteiger charge is -2.15. The predicted molar refractivity (Wildman–Crippen MR) is 141 cm³/mol. The molecule has 2 heterocycles. The van der Waals surface area contributed by atoms with E-state index in [1.165, 1.54) is 11.3 Å². The number of carbonyl (C=O) groups is 2. The maximum absolute atomic E-state index is 13.5. The second kappa shape index (κ2) is 9.11. The molecule has 0 radical (unpaired) electrons. The van der Waals surface area contributed by atoms with Crippen LogP contribution in [0, 0.1) is 0 Å². The summed E-state index contributed by atoms with van der Waals surface area (Å²) < 4.78 is 10.9. The van der Waals surface area contributed by atoms with Crippen LogP contribution in [-0.2, 0) is 10.2 Å². The summed E-state index contributed by atoms with van der Waals surface area (Å²) >= 11 is 2.84. The Labute approximate surface area is 216 Å². The zero-order valence-corrected chi connectivity index (χ0v) is 21.1. The van der Waals surface area contributed by atoms with Gasteiger partial charge in [0, 0.05) is 16.0 Å². The zero-order chi connectivity index (χ0) is 24.7. The van der Waals surface area contributed by atoms with Crippen molar-refractivity contribution in [1.82, 2.24) is 4.98 Å². The summed E-state index contributed by atoms with van der Waals surface area (Å²) in [7, 11) is 0. The molecule has 1 aromatic heterocycles. The molecule has 6 nitrogen and oxygen atoms in total. The number of thiazole rings is 1. The molecule has 4 aromatic rings. The molecule has 8 heteroatoms. The van der Waals surface area contributed by atoms with Crippen LogP contribution in [0.25, 0.3) is 11.3 Å². The van der Waals surface area contributed by atoms with Gasteiger partial charge in [0.2, 0.25) is 18.5 Å². The Kier molecular flexibility index (Phi) is 5.78. The molecule has 1 saturated carbocycles. The van der Waals surface area contributed by atoms with E-state index in [0.29, 0.717) is 32.8 Å². The molecular formula is C28H22N2O4S2. The standard InChI is InChI=1S/C28H22N2O4S2/c1-35-20-10-7-18(8-11-20)24(31)25-23(17-5-3-2-4-6-17)29-27(36-25)30-26(32)28(13-14-28)19-9-12-21-22(15-19)34-16-33-21/h2-12,15H,13-14,16H2,1H3,(H,29,30,32). The molecule has 3 aromatic carbocycles. The van der Waals surface area contributed by atoms with Crippen LogP contribution in [0.3, 0.4) is 0 Å². The van der Waals surface area contributed by atoms with Crippen molar-refractivity contribution < 1.29 is 19.1 Å². The van der Waals surface area contributed by atoms with Crippen LogP contribution in [0.5, 0.6) is 11.5 Å². The molecule has 2 aliphatic rings. The number of anilines is 1. The van der Waals surface area contributed by atoms with E-state index in [2.05, 4.69) is 5.32 Å². The molecule has 180 valence electrons. The Bertz CT molecular complexity index is 1460. The van der Waals surface area contributed by atoms with Gasteiger partial charge in [-0.2, -0.15) is 0 Å². The summed E-state index contributed by atoms with van der Waals surface area (Å²) in [4.78, 5) is 33.3. The van der Waals surface area contributed by atoms with Crippen molar-refractivity contribution in [2.75, 3.05) is 18.4 Å². The summed E-state index contributed by atoms with van der Waals surface area (Å²) in [5, 5.41) is 3.42. The van der Waals surface area contributed by atoms with Crippen LogP contribution < -0.4 is 14.8 Å². The Morgan fingerprint density at radius 2 is 1.72 bits per heavy atom. The number of nitrogens with zero attached hydrogens (tertiary/aromatic N) is 1. The van der Waals surface area contributed by atoms with E-state index in [1.54, 1.807) is 11.8 Å². The molecule has 0 spiro atoms. The molecule has 1 amide bonds. The number of fused-ring (bicyclic) bond motifs is 1. The number of rotatable bonds is 7. The summed E-state index contributed by atoms with van der Waals surface area (Å²) in [6.45, 7) is 0.191. The summed E-state index contributed by atoms with van der Waals surface area (Å²) in [6, 6.07) is 22.8. The maximum Gasteiger partial charge on any atom is 0.236 e. The fourth-order valence-corrected chi connectivity index (χ4v) is 5.73. The average Bonchev–Trinajstić information content (AvgIpc) is 3.42. The Morgan fingerprint density at radius 3 is 2.44 bits per heavy atom. The quantitative estimate of drug-likeness (QED) is 0.235. The van der Waals surface area contributed by atoms with Gasteiger partial charge in [-0.3, -0.25) is 9.59 Å². The molecule has 1 aliphatic carbocycles. The molecule has 6 rings (SSSR count). The molecule has 1 fully saturated rings. The third-order valence-corrected chi connectivity index (χ3v) is 8.28. The van der Waals surface area contributed by atoms with E-state index < -0.39 is 5.41 Å². The number of amides is 1. The first-order chi connectivity index (χ1) is 17.6. The van der Waals surface area contributed by atoms with Gasteiger partial charge in [0.15, 0.2) is 16.6 Å². The first-order valence-corrected chi connectivity index (χ1v) is 13.6. The molecule has 1 aliphatic heterocycles. The van der Waals surface area contributed by atoms with Crippen molar-refractivity contribution >= 4 is 39.9 Å². The number of benzene rings is 3. The average molecular weight is 515 g/mol. The first kappa shape index (κ1) is 22.8. The number of carbonyl (C=O) groups excluding carboxylic acids is 2. The van der Waals surface area contributed by atoms with Crippen molar-refractivity contribution in [2.24, 2.45) is 0 Å². The number of thioether (sulfide) groups is 1.